The summed E-state index contributed by atoms with van der Waals surface area (Å²) in [7, 11) is 0. The highest BCUT2D eigenvalue weighted by Gasteiger charge is 2.20. The molecule has 1 aromatic heterocycles. The van der Waals surface area contributed by atoms with E-state index in [1.807, 2.05) is 30.3 Å². The Balaban J connectivity index is 2.26. The summed E-state index contributed by atoms with van der Waals surface area (Å²) in [6, 6.07) is 11.0. The number of hydrogen-bond donors (Lipinski definition) is 1. The second kappa shape index (κ2) is 4.98. The van der Waals surface area contributed by atoms with Crippen LogP contribution in [0.5, 0.6) is 0 Å². The third-order valence-corrected chi connectivity index (χ3v) is 2.65. The lowest BCUT2D eigenvalue weighted by Crippen LogP contribution is -2.06. The first kappa shape index (κ1) is 12.3. The second-order valence-electron chi connectivity index (χ2n) is 3.96. The zero-order chi connectivity index (χ0) is 13.1. The van der Waals surface area contributed by atoms with Crippen LogP contribution in [0.15, 0.2) is 53.1 Å². The van der Waals surface area contributed by atoms with Crippen molar-refractivity contribution in [1.29, 1.82) is 0 Å². The summed E-state index contributed by atoms with van der Waals surface area (Å²) < 4.78 is 5.04. The van der Waals surface area contributed by atoms with Gasteiger partial charge in [0.15, 0.2) is 11.5 Å². The van der Waals surface area contributed by atoms with Crippen LogP contribution >= 0.6 is 0 Å². The number of hydrogen-bond acceptors (Lipinski definition) is 4. The molecular weight excluding hydrogens is 230 g/mol. The Morgan fingerprint density at radius 2 is 2.06 bits per heavy atom. The Kier molecular flexibility index (Phi) is 3.39. The van der Waals surface area contributed by atoms with Crippen molar-refractivity contribution >= 4 is 5.78 Å². The van der Waals surface area contributed by atoms with Gasteiger partial charge in [0.05, 0.1) is 0 Å². The van der Waals surface area contributed by atoms with Crippen molar-refractivity contribution in [3.8, 4) is 11.3 Å². The molecule has 0 saturated heterocycles. The van der Waals surface area contributed by atoms with Gasteiger partial charge in [-0.3, -0.25) is 4.79 Å². The number of aliphatic hydroxyl groups is 1. The van der Waals surface area contributed by atoms with Crippen LogP contribution in [0, 0.1) is 0 Å². The minimum Gasteiger partial charge on any atom is -0.380 e. The minimum atomic E-state index is -1.15. The van der Waals surface area contributed by atoms with E-state index in [9.17, 15) is 9.90 Å². The molecule has 0 fully saturated rings. The first-order valence-corrected chi connectivity index (χ1v) is 5.49. The molecule has 0 aliphatic rings. The van der Waals surface area contributed by atoms with Gasteiger partial charge in [-0.15, -0.1) is 0 Å². The van der Waals surface area contributed by atoms with Crippen LogP contribution in [0.25, 0.3) is 11.3 Å². The Morgan fingerprint density at radius 3 is 2.67 bits per heavy atom. The molecule has 0 bridgehead atoms. The van der Waals surface area contributed by atoms with Gasteiger partial charge in [0.25, 0.3) is 0 Å². The topological polar surface area (TPSA) is 63.3 Å². The first-order chi connectivity index (χ1) is 8.59. The Hall–Kier alpha value is -2.20. The van der Waals surface area contributed by atoms with E-state index >= 15 is 0 Å². The van der Waals surface area contributed by atoms with Gasteiger partial charge in [-0.25, -0.2) is 0 Å². The summed E-state index contributed by atoms with van der Waals surface area (Å²) in [6.45, 7) is 4.87. The number of aliphatic hydroxyl groups excluding tert-OH is 1. The maximum Gasteiger partial charge on any atom is 0.170 e. The summed E-state index contributed by atoms with van der Waals surface area (Å²) in [6.07, 6.45) is -1.15. The molecular formula is C14H13NO3. The zero-order valence-electron chi connectivity index (χ0n) is 9.96. The summed E-state index contributed by atoms with van der Waals surface area (Å²) >= 11 is 0. The van der Waals surface area contributed by atoms with Crippen LogP contribution in [-0.2, 0) is 4.79 Å². The van der Waals surface area contributed by atoms with E-state index in [0.29, 0.717) is 5.69 Å². The largest absolute Gasteiger partial charge is 0.380 e. The molecule has 4 nitrogen and oxygen atoms in total. The van der Waals surface area contributed by atoms with Gasteiger partial charge < -0.3 is 9.63 Å². The van der Waals surface area contributed by atoms with E-state index in [4.69, 9.17) is 4.52 Å². The minimum absolute atomic E-state index is 0.0887. The lowest BCUT2D eigenvalue weighted by atomic mass is 10.1. The van der Waals surface area contributed by atoms with Gasteiger partial charge in [-0.2, -0.15) is 0 Å². The van der Waals surface area contributed by atoms with Crippen LogP contribution in [-0.4, -0.2) is 16.0 Å². The van der Waals surface area contributed by atoms with Crippen LogP contribution < -0.4 is 0 Å². The third-order valence-electron chi connectivity index (χ3n) is 2.65. The van der Waals surface area contributed by atoms with Crippen LogP contribution in [0.2, 0.25) is 0 Å². The SMILES string of the molecule is C=C(C(C)=O)C(O)c1cc(-c2ccccc2)no1. The van der Waals surface area contributed by atoms with Gasteiger partial charge in [-0.1, -0.05) is 42.1 Å². The van der Waals surface area contributed by atoms with Crippen molar-refractivity contribution in [3.05, 3.63) is 54.3 Å². The van der Waals surface area contributed by atoms with E-state index in [0.717, 1.165) is 5.56 Å². The normalized spacial score (nSPS) is 12.1. The van der Waals surface area contributed by atoms with E-state index in [1.165, 1.54) is 6.92 Å². The van der Waals surface area contributed by atoms with Crippen molar-refractivity contribution in [2.75, 3.05) is 0 Å². The fraction of sp³-hybridized carbons (Fsp3) is 0.143. The molecule has 0 saturated carbocycles. The van der Waals surface area contributed by atoms with Crippen molar-refractivity contribution in [3.63, 3.8) is 0 Å². The summed E-state index contributed by atoms with van der Waals surface area (Å²) in [4.78, 5) is 11.1. The van der Waals surface area contributed by atoms with Crippen molar-refractivity contribution in [2.24, 2.45) is 0 Å². The lowest BCUT2D eigenvalue weighted by Gasteiger charge is -2.06. The van der Waals surface area contributed by atoms with E-state index in [-0.39, 0.29) is 17.1 Å². The van der Waals surface area contributed by atoms with Gasteiger partial charge >= 0.3 is 0 Å². The summed E-state index contributed by atoms with van der Waals surface area (Å²) in [5, 5.41) is 13.7. The zero-order valence-corrected chi connectivity index (χ0v) is 9.96. The highest BCUT2D eigenvalue weighted by atomic mass is 16.5. The van der Waals surface area contributed by atoms with Crippen molar-refractivity contribution < 1.29 is 14.4 Å². The maximum atomic E-state index is 11.1. The fourth-order valence-corrected chi connectivity index (χ4v) is 1.53. The number of carbonyl (C=O) groups is 1. The molecule has 1 aromatic carbocycles. The van der Waals surface area contributed by atoms with Crippen molar-refractivity contribution in [2.45, 2.75) is 13.0 Å². The Morgan fingerprint density at radius 1 is 1.39 bits per heavy atom. The van der Waals surface area contributed by atoms with Gasteiger partial charge in [0, 0.05) is 17.2 Å². The number of rotatable bonds is 4. The molecule has 2 rings (SSSR count). The molecule has 0 aliphatic carbocycles. The smallest absolute Gasteiger partial charge is 0.170 e. The number of Topliss-reactive ketones (excluding diaryl/α,β-unsaturated/α-hetero) is 1. The van der Waals surface area contributed by atoms with Crippen LogP contribution in [0.4, 0.5) is 0 Å². The molecule has 0 spiro atoms. The quantitative estimate of drug-likeness (QED) is 0.838. The molecule has 2 aromatic rings. The predicted octanol–water partition coefficient (Wildman–Crippen LogP) is 2.52. The number of carbonyl (C=O) groups excluding carboxylic acids is 1. The molecule has 1 heterocycles. The standard InChI is InChI=1S/C14H13NO3/c1-9(10(2)16)14(17)13-8-12(15-18-13)11-6-4-3-5-7-11/h3-8,14,17H,1H2,2H3. The number of aromatic nitrogens is 1. The molecule has 1 N–H and O–H groups in total. The van der Waals surface area contributed by atoms with E-state index in [2.05, 4.69) is 11.7 Å². The molecule has 4 heteroatoms. The van der Waals surface area contributed by atoms with Crippen LogP contribution in [0.1, 0.15) is 18.8 Å². The highest BCUT2D eigenvalue weighted by molar-refractivity contribution is 5.93. The molecule has 0 amide bonds. The lowest BCUT2D eigenvalue weighted by molar-refractivity contribution is -0.114. The number of nitrogens with zero attached hydrogens (tertiary/aromatic N) is 1. The van der Waals surface area contributed by atoms with Gasteiger partial charge in [0.1, 0.15) is 11.8 Å². The fourth-order valence-electron chi connectivity index (χ4n) is 1.53. The second-order valence-corrected chi connectivity index (χ2v) is 3.96. The van der Waals surface area contributed by atoms with E-state index < -0.39 is 6.10 Å². The summed E-state index contributed by atoms with van der Waals surface area (Å²) in [5.74, 6) is -0.0609. The number of ketones is 1. The predicted molar refractivity (Wildman–Crippen MR) is 66.7 cm³/mol. The Bertz CT molecular complexity index is 572. The highest BCUT2D eigenvalue weighted by Crippen LogP contribution is 2.25. The molecule has 0 aliphatic heterocycles. The van der Waals surface area contributed by atoms with Crippen molar-refractivity contribution in [1.82, 2.24) is 5.16 Å². The molecule has 92 valence electrons. The first-order valence-electron chi connectivity index (χ1n) is 5.49. The number of benzene rings is 1. The molecule has 18 heavy (non-hydrogen) atoms. The maximum absolute atomic E-state index is 11.1. The monoisotopic (exact) mass is 243 g/mol. The van der Waals surface area contributed by atoms with Crippen LogP contribution in [0.3, 0.4) is 0 Å². The van der Waals surface area contributed by atoms with Gasteiger partial charge in [-0.05, 0) is 6.92 Å². The summed E-state index contributed by atoms with van der Waals surface area (Å²) in [5.41, 5.74) is 1.58. The molecule has 1 atom stereocenters. The average molecular weight is 243 g/mol. The molecule has 1 unspecified atom stereocenters. The average Bonchev–Trinajstić information content (AvgIpc) is 2.87. The third kappa shape index (κ3) is 2.38. The molecule has 0 radical (unpaired) electrons. The Labute approximate surface area is 105 Å². The van der Waals surface area contributed by atoms with Gasteiger partial charge in [0.2, 0.25) is 0 Å². The van der Waals surface area contributed by atoms with E-state index in [1.54, 1.807) is 6.07 Å².